The van der Waals surface area contributed by atoms with Crippen LogP contribution in [0.3, 0.4) is 0 Å². The van der Waals surface area contributed by atoms with Crippen LogP contribution in [0.1, 0.15) is 27.2 Å². The van der Waals surface area contributed by atoms with E-state index in [2.05, 4.69) is 13.5 Å². The lowest BCUT2D eigenvalue weighted by Gasteiger charge is -2.22. The second-order valence-corrected chi connectivity index (χ2v) is 4.53. The highest BCUT2D eigenvalue weighted by Crippen LogP contribution is 2.41. The molecular weight excluding hydrogens is 180 g/mol. The first-order valence-corrected chi connectivity index (χ1v) is 5.15. The Morgan fingerprint density at radius 1 is 1.36 bits per heavy atom. The Labute approximate surface area is 85.0 Å². The lowest BCUT2D eigenvalue weighted by Crippen LogP contribution is -2.28. The van der Waals surface area contributed by atoms with Crippen LogP contribution in [0.2, 0.25) is 0 Å². The number of hydrogen-bond acceptors (Lipinski definition) is 3. The van der Waals surface area contributed by atoms with Crippen LogP contribution >= 0.6 is 0 Å². The molecule has 80 valence electrons. The molecule has 0 aliphatic carbocycles. The second kappa shape index (κ2) is 3.33. The normalized spacial score (nSPS) is 45.1. The van der Waals surface area contributed by atoms with E-state index in [1.165, 1.54) is 0 Å². The SMILES string of the molecule is C=CCC1O[C@@H]2OC(C)(C)OC2[C@H]1C. The summed E-state index contributed by atoms with van der Waals surface area (Å²) in [6, 6.07) is 0. The van der Waals surface area contributed by atoms with Gasteiger partial charge in [-0.05, 0) is 20.3 Å². The van der Waals surface area contributed by atoms with E-state index >= 15 is 0 Å². The molecule has 0 aromatic carbocycles. The highest BCUT2D eigenvalue weighted by molar-refractivity contribution is 4.92. The summed E-state index contributed by atoms with van der Waals surface area (Å²) in [5.74, 6) is -0.122. The van der Waals surface area contributed by atoms with Crippen LogP contribution in [0.5, 0.6) is 0 Å². The largest absolute Gasteiger partial charge is 0.346 e. The molecule has 2 aliphatic rings. The summed E-state index contributed by atoms with van der Waals surface area (Å²) < 4.78 is 17.2. The van der Waals surface area contributed by atoms with Crippen molar-refractivity contribution in [1.82, 2.24) is 0 Å². The minimum Gasteiger partial charge on any atom is -0.346 e. The lowest BCUT2D eigenvalue weighted by atomic mass is 9.99. The molecule has 2 unspecified atom stereocenters. The van der Waals surface area contributed by atoms with Gasteiger partial charge in [0, 0.05) is 5.92 Å². The molecule has 0 aromatic rings. The maximum Gasteiger partial charge on any atom is 0.187 e. The molecule has 3 heteroatoms. The Bertz CT molecular complexity index is 237. The zero-order chi connectivity index (χ0) is 10.3. The van der Waals surface area contributed by atoms with Gasteiger partial charge in [0.25, 0.3) is 0 Å². The summed E-state index contributed by atoms with van der Waals surface area (Å²) >= 11 is 0. The average molecular weight is 198 g/mol. The first kappa shape index (κ1) is 10.1. The summed E-state index contributed by atoms with van der Waals surface area (Å²) in [7, 11) is 0. The van der Waals surface area contributed by atoms with E-state index in [0.717, 1.165) is 6.42 Å². The fourth-order valence-corrected chi connectivity index (χ4v) is 2.16. The molecule has 0 spiro atoms. The van der Waals surface area contributed by atoms with Gasteiger partial charge in [0.15, 0.2) is 12.1 Å². The van der Waals surface area contributed by atoms with E-state index in [1.807, 2.05) is 19.9 Å². The third-order valence-electron chi connectivity index (χ3n) is 2.90. The van der Waals surface area contributed by atoms with Gasteiger partial charge in [-0.2, -0.15) is 0 Å². The molecule has 3 nitrogen and oxygen atoms in total. The summed E-state index contributed by atoms with van der Waals surface area (Å²) in [4.78, 5) is 0. The highest BCUT2D eigenvalue weighted by Gasteiger charge is 2.52. The molecule has 0 saturated carbocycles. The number of ether oxygens (including phenoxy) is 3. The molecule has 4 atom stereocenters. The van der Waals surface area contributed by atoms with Crippen LogP contribution in [0.25, 0.3) is 0 Å². The highest BCUT2D eigenvalue weighted by atomic mass is 16.8. The molecule has 2 aliphatic heterocycles. The average Bonchev–Trinajstić information content (AvgIpc) is 2.50. The monoisotopic (exact) mass is 198 g/mol. The van der Waals surface area contributed by atoms with Crippen molar-refractivity contribution < 1.29 is 14.2 Å². The molecule has 2 heterocycles. The molecule has 14 heavy (non-hydrogen) atoms. The van der Waals surface area contributed by atoms with E-state index in [1.54, 1.807) is 0 Å². The van der Waals surface area contributed by atoms with Crippen molar-refractivity contribution in [3.8, 4) is 0 Å². The number of hydrogen-bond donors (Lipinski definition) is 0. The zero-order valence-electron chi connectivity index (χ0n) is 9.03. The molecular formula is C11H18O3. The van der Waals surface area contributed by atoms with E-state index in [4.69, 9.17) is 14.2 Å². The van der Waals surface area contributed by atoms with Gasteiger partial charge < -0.3 is 14.2 Å². The van der Waals surface area contributed by atoms with Gasteiger partial charge in [-0.15, -0.1) is 6.58 Å². The standard InChI is InChI=1S/C11H18O3/c1-5-6-8-7(2)9-10(12-8)14-11(3,4)13-9/h5,7-10H,1,6H2,2-4H3/t7-,8?,9?,10+/m0/s1. The van der Waals surface area contributed by atoms with Gasteiger partial charge in [-0.3, -0.25) is 0 Å². The Morgan fingerprint density at radius 3 is 2.64 bits per heavy atom. The Hall–Kier alpha value is -0.380. The van der Waals surface area contributed by atoms with Gasteiger partial charge in [-0.25, -0.2) is 0 Å². The van der Waals surface area contributed by atoms with Crippen molar-refractivity contribution in [2.75, 3.05) is 0 Å². The minimum absolute atomic E-state index is 0.0787. The zero-order valence-corrected chi connectivity index (χ0v) is 9.03. The molecule has 0 aromatic heterocycles. The smallest absolute Gasteiger partial charge is 0.187 e. The third-order valence-corrected chi connectivity index (χ3v) is 2.90. The van der Waals surface area contributed by atoms with Crippen LogP contribution in [-0.4, -0.2) is 24.3 Å². The van der Waals surface area contributed by atoms with Crippen molar-refractivity contribution >= 4 is 0 Å². The molecule has 2 saturated heterocycles. The fraction of sp³-hybridized carbons (Fsp3) is 0.818. The quantitative estimate of drug-likeness (QED) is 0.636. The molecule has 0 radical (unpaired) electrons. The van der Waals surface area contributed by atoms with E-state index in [0.29, 0.717) is 5.92 Å². The number of rotatable bonds is 2. The van der Waals surface area contributed by atoms with Crippen molar-refractivity contribution in [3.63, 3.8) is 0 Å². The molecule has 2 rings (SSSR count). The van der Waals surface area contributed by atoms with Crippen molar-refractivity contribution in [3.05, 3.63) is 12.7 Å². The maximum absolute atomic E-state index is 5.78. The van der Waals surface area contributed by atoms with Gasteiger partial charge in [0.05, 0.1) is 6.10 Å². The van der Waals surface area contributed by atoms with Crippen LogP contribution in [0, 0.1) is 5.92 Å². The minimum atomic E-state index is -0.497. The molecule has 0 bridgehead atoms. The first-order valence-electron chi connectivity index (χ1n) is 5.15. The van der Waals surface area contributed by atoms with Gasteiger partial charge in [0.2, 0.25) is 0 Å². The van der Waals surface area contributed by atoms with E-state index in [-0.39, 0.29) is 18.5 Å². The maximum atomic E-state index is 5.78. The number of fused-ring (bicyclic) bond motifs is 1. The van der Waals surface area contributed by atoms with E-state index in [9.17, 15) is 0 Å². The molecule has 0 N–H and O–H groups in total. The Balaban J connectivity index is 2.04. The van der Waals surface area contributed by atoms with Crippen molar-refractivity contribution in [1.29, 1.82) is 0 Å². The lowest BCUT2D eigenvalue weighted by molar-refractivity contribution is -0.208. The van der Waals surface area contributed by atoms with Crippen LogP contribution in [0.15, 0.2) is 12.7 Å². The van der Waals surface area contributed by atoms with Crippen molar-refractivity contribution in [2.24, 2.45) is 5.92 Å². The van der Waals surface area contributed by atoms with Crippen LogP contribution in [0.4, 0.5) is 0 Å². The topological polar surface area (TPSA) is 27.7 Å². The first-order chi connectivity index (χ1) is 6.53. The predicted octanol–water partition coefficient (Wildman–Crippen LogP) is 2.08. The van der Waals surface area contributed by atoms with E-state index < -0.39 is 5.79 Å². The van der Waals surface area contributed by atoms with Gasteiger partial charge in [-0.1, -0.05) is 13.0 Å². The van der Waals surface area contributed by atoms with Gasteiger partial charge >= 0.3 is 0 Å². The summed E-state index contributed by atoms with van der Waals surface area (Å²) in [5.41, 5.74) is 0. The summed E-state index contributed by atoms with van der Waals surface area (Å²) in [5, 5.41) is 0. The van der Waals surface area contributed by atoms with Crippen LogP contribution < -0.4 is 0 Å². The van der Waals surface area contributed by atoms with Crippen molar-refractivity contribution in [2.45, 2.75) is 51.5 Å². The molecule has 0 amide bonds. The Morgan fingerprint density at radius 2 is 2.07 bits per heavy atom. The van der Waals surface area contributed by atoms with Crippen LogP contribution in [-0.2, 0) is 14.2 Å². The van der Waals surface area contributed by atoms with Gasteiger partial charge in [0.1, 0.15) is 6.10 Å². The summed E-state index contributed by atoms with van der Waals surface area (Å²) in [6.45, 7) is 9.70. The molecule has 2 fully saturated rings. The third kappa shape index (κ3) is 1.60. The second-order valence-electron chi connectivity index (χ2n) is 4.53. The fourth-order valence-electron chi connectivity index (χ4n) is 2.16. The summed E-state index contributed by atoms with van der Waals surface area (Å²) in [6.07, 6.45) is 2.83. The Kier molecular flexibility index (Phi) is 2.41. The predicted molar refractivity (Wildman–Crippen MR) is 52.7 cm³/mol.